The lowest BCUT2D eigenvalue weighted by Gasteiger charge is -2.19. The second kappa shape index (κ2) is 51.6. The molecule has 0 aliphatic rings. The van der Waals surface area contributed by atoms with Gasteiger partial charge in [-0.2, -0.15) is 55.8 Å². The number of nitrogens with zero attached hydrogens (tertiary/aromatic N) is 26. The molecule has 0 saturated heterocycles. The number of aryl methyl sites for hydroxylation is 6. The standard InChI is InChI=1S/C9H15NS.C8H15N3.2C8H14N2.C8H13NO.C7H13N3.C7H12N2O.4C7H12N2.3C6H11N3/c1-6-8(9(3,4)5)11-7(2)10-6;1-8(2,3)11-6-5-7(9-4)10-11;1-8(2,3)7-5-9-10(4)6-7;1-6-5-7(10-9-6)8(2,3)4;1-6-5-9-7(10-6)8(2,3)4;1-7(2,3)10-5-4-6(8)9-10;1-5-8-9-6(10-5)7(2,3)4;1-7(2,3)6-4-8-9-5-6;1-7(2,3)9-5-4-8-6-9;1-7(2,3)9-6-4-5-8-9;1-7(2,3)6-4-5-8-9-6;1-6(2,3)9-5-7-4-8-9;1-6(2,3)9-5-4-7-8-9;1-6(2,3)9-7-4-5-8-9/h1-5H3;5-6H,1-4H3,(H,9,10);5-6H,1-4H3;5H,1-4H3,(H,9,10);5H,1-4H3;4-5H,1-3H3,(H2,8,9);1-4H3;4-5H,1-3H3,(H,8,9);2*4-6H,1-3H3;4-5H,1-3H3,(H,8,9);3*4-5H,1-3H3. The van der Waals surface area contributed by atoms with Crippen LogP contribution in [0.3, 0.4) is 0 Å². The number of thiazole rings is 1. The van der Waals surface area contributed by atoms with Crippen LogP contribution < -0.4 is 11.1 Å². The van der Waals surface area contributed by atoms with Crippen LogP contribution in [-0.2, 0) is 83.7 Å². The first-order valence-corrected chi connectivity index (χ1v) is 46.8. The van der Waals surface area contributed by atoms with E-state index in [4.69, 9.17) is 14.6 Å². The zero-order chi connectivity index (χ0) is 104. The average Bonchev–Trinajstić information content (AvgIpc) is 1.70. The number of nitrogens with one attached hydrogen (secondary N) is 4. The number of oxazole rings is 1. The van der Waals surface area contributed by atoms with Crippen LogP contribution in [0.1, 0.15) is 358 Å². The predicted molar refractivity (Wildman–Crippen MR) is 554 cm³/mol. The monoisotopic (exact) mass is 1890 g/mol. The molecule has 14 rings (SSSR count). The van der Waals surface area contributed by atoms with E-state index in [1.54, 1.807) is 73.8 Å². The van der Waals surface area contributed by atoms with Crippen LogP contribution in [0.5, 0.6) is 0 Å². The van der Waals surface area contributed by atoms with Gasteiger partial charge in [0, 0.05) is 133 Å². The summed E-state index contributed by atoms with van der Waals surface area (Å²) in [4.78, 5) is 19.4. The molecule has 0 saturated carbocycles. The Morgan fingerprint density at radius 1 is 0.437 bits per heavy atom. The minimum atomic E-state index is -0.0265. The van der Waals surface area contributed by atoms with E-state index in [2.05, 4.69) is 413 Å². The third kappa shape index (κ3) is 49.7. The maximum absolute atomic E-state index is 5.44. The summed E-state index contributed by atoms with van der Waals surface area (Å²) in [7, 11) is 3.81. The number of nitrogen functional groups attached to an aromatic ring is 1. The lowest BCUT2D eigenvalue weighted by molar-refractivity contribution is 0.312. The molecule has 0 fully saturated rings. The third-order valence-electron chi connectivity index (χ3n) is 18.3. The Hall–Kier alpha value is -11.3. The van der Waals surface area contributed by atoms with Crippen molar-refractivity contribution >= 4 is 23.0 Å². The fourth-order valence-electron chi connectivity index (χ4n) is 10.0. The largest absolute Gasteiger partial charge is 0.445 e. The van der Waals surface area contributed by atoms with Gasteiger partial charge in [0.05, 0.1) is 93.1 Å². The molecule has 0 atom stereocenters. The number of aromatic nitrogens is 29. The zero-order valence-corrected chi connectivity index (χ0v) is 93.1. The van der Waals surface area contributed by atoms with Crippen LogP contribution in [0, 0.1) is 34.6 Å². The minimum absolute atomic E-state index is 0.0174. The summed E-state index contributed by atoms with van der Waals surface area (Å²) in [6.45, 7) is 99.0. The second-order valence-electron chi connectivity index (χ2n) is 46.8. The Morgan fingerprint density at radius 2 is 0.993 bits per heavy atom. The molecule has 0 bridgehead atoms. The maximum atomic E-state index is 5.44. The van der Waals surface area contributed by atoms with Gasteiger partial charge in [0.15, 0.2) is 5.89 Å². The molecule has 0 radical (unpaired) electrons. The van der Waals surface area contributed by atoms with E-state index in [0.717, 1.165) is 28.9 Å². The summed E-state index contributed by atoms with van der Waals surface area (Å²) in [5.41, 5.74) is 14.3. The smallest absolute Gasteiger partial charge is 0.221 e. The SMILES string of the molecule is CC(C)(C)c1ccn[nH]1.CC(C)(C)c1cn[nH]c1.CC(C)(C)n1ccc(N)n1.CC(C)(C)n1cccn1.CC(C)(C)n1ccnc1.CC(C)(C)n1ccnn1.CC(C)(C)n1cncn1.CC(C)(C)n1nccn1.CNc1ccn(C(C)(C)C)n1.Cc1cc(C(C)(C)C)n[nH]1.Cc1cnc(C(C)(C)C)o1.Cc1nc(C)c(C(C)(C)C)s1.Cc1nnc(C(C)(C)C)o1.Cn1cc(C(C)(C)C)cn1. The second-order valence-corrected chi connectivity index (χ2v) is 48.0. The van der Waals surface area contributed by atoms with Crippen molar-refractivity contribution in [2.45, 2.75) is 402 Å². The van der Waals surface area contributed by atoms with Gasteiger partial charge in [-0.1, -0.05) is 151 Å². The van der Waals surface area contributed by atoms with Crippen molar-refractivity contribution in [3.63, 3.8) is 0 Å². The van der Waals surface area contributed by atoms with E-state index < -0.39 is 0 Å². The van der Waals surface area contributed by atoms with Crippen LogP contribution in [0.4, 0.5) is 11.6 Å². The van der Waals surface area contributed by atoms with Crippen LogP contribution in [-0.4, -0.2) is 151 Å². The predicted octanol–water partition coefficient (Wildman–Crippen LogP) is 23.4. The number of anilines is 2. The molecule has 0 amide bonds. The van der Waals surface area contributed by atoms with Gasteiger partial charge in [-0.15, -0.1) is 26.6 Å². The van der Waals surface area contributed by atoms with E-state index in [0.29, 0.717) is 17.6 Å². The summed E-state index contributed by atoms with van der Waals surface area (Å²) < 4.78 is 23.9. The molecule has 754 valence electrons. The Morgan fingerprint density at radius 3 is 1.21 bits per heavy atom. The van der Waals surface area contributed by atoms with E-state index in [1.165, 1.54) is 32.4 Å². The Kier molecular flexibility index (Phi) is 46.5. The van der Waals surface area contributed by atoms with E-state index >= 15 is 0 Å². The summed E-state index contributed by atoms with van der Waals surface area (Å²) in [5.74, 6) is 4.51. The lowest BCUT2D eigenvalue weighted by atomic mass is 9.90. The molecular weight excluding hydrogens is 1710 g/mol. The molecular formula is C101H177N31O2S. The number of H-pyrrole nitrogens is 3. The van der Waals surface area contributed by atoms with Gasteiger partial charge >= 0.3 is 0 Å². The molecule has 135 heavy (non-hydrogen) atoms. The van der Waals surface area contributed by atoms with Gasteiger partial charge in [0.1, 0.15) is 30.1 Å². The van der Waals surface area contributed by atoms with Gasteiger partial charge in [0.2, 0.25) is 11.8 Å². The van der Waals surface area contributed by atoms with Crippen molar-refractivity contribution in [1.82, 2.24) is 144 Å². The normalized spacial score (nSPS) is 11.9. The lowest BCUT2D eigenvalue weighted by Crippen LogP contribution is -2.24. The quantitative estimate of drug-likeness (QED) is 0.102. The van der Waals surface area contributed by atoms with Crippen molar-refractivity contribution in [2.24, 2.45) is 7.05 Å². The van der Waals surface area contributed by atoms with Gasteiger partial charge in [0.25, 0.3) is 0 Å². The Labute approximate surface area is 814 Å². The van der Waals surface area contributed by atoms with Gasteiger partial charge in [-0.25, -0.2) is 29.3 Å². The highest BCUT2D eigenvalue weighted by atomic mass is 32.1. The number of hydrogen-bond acceptors (Lipinski definition) is 23. The van der Waals surface area contributed by atoms with Crippen LogP contribution in [0.15, 0.2) is 157 Å². The van der Waals surface area contributed by atoms with Crippen molar-refractivity contribution in [3.05, 3.63) is 216 Å². The number of aromatic amines is 3. The van der Waals surface area contributed by atoms with Crippen molar-refractivity contribution in [1.29, 1.82) is 0 Å². The molecule has 33 nitrogen and oxygen atoms in total. The topological polar surface area (TPSA) is 383 Å². The Bertz CT molecular complexity index is 4600. The first kappa shape index (κ1) is 122. The number of imidazole rings is 1. The molecule has 14 heterocycles. The van der Waals surface area contributed by atoms with E-state index in [-0.39, 0.29) is 76.7 Å². The highest BCUT2D eigenvalue weighted by Gasteiger charge is 2.25. The minimum Gasteiger partial charge on any atom is -0.445 e. The maximum Gasteiger partial charge on any atom is 0.221 e. The van der Waals surface area contributed by atoms with Crippen LogP contribution in [0.25, 0.3) is 0 Å². The molecule has 34 heteroatoms. The van der Waals surface area contributed by atoms with Crippen molar-refractivity contribution in [2.75, 3.05) is 18.1 Å². The van der Waals surface area contributed by atoms with Crippen LogP contribution >= 0.6 is 11.3 Å². The first-order valence-electron chi connectivity index (χ1n) is 46.0. The molecule has 0 aliphatic heterocycles. The molecule has 0 spiro atoms. The summed E-state index contributed by atoms with van der Waals surface area (Å²) in [5, 5.41) is 68.4. The molecule has 0 aliphatic carbocycles. The zero-order valence-electron chi connectivity index (χ0n) is 92.3. The molecule has 0 unspecified atom stereocenters. The summed E-state index contributed by atoms with van der Waals surface area (Å²) in [6.07, 6.45) is 34.7. The van der Waals surface area contributed by atoms with Crippen LogP contribution in [0.2, 0.25) is 0 Å². The molecule has 14 aromatic heterocycles. The fourth-order valence-corrected chi connectivity index (χ4v) is 11.0. The van der Waals surface area contributed by atoms with Crippen molar-refractivity contribution < 1.29 is 8.83 Å². The third-order valence-corrected chi connectivity index (χ3v) is 19.8. The molecule has 6 N–H and O–H groups in total. The number of nitrogens with two attached hydrogens (primary N) is 1. The van der Waals surface area contributed by atoms with E-state index in [9.17, 15) is 0 Å². The number of hydrogen-bond donors (Lipinski definition) is 5. The van der Waals surface area contributed by atoms with Gasteiger partial charge in [-0.05, 0) is 225 Å². The first-order chi connectivity index (χ1) is 61.2. The van der Waals surface area contributed by atoms with E-state index in [1.807, 2.05) is 162 Å². The summed E-state index contributed by atoms with van der Waals surface area (Å²) >= 11 is 1.81. The fraction of sp³-hybridized carbons (Fsp3) is 0.624. The average molecular weight is 1890 g/mol. The number of rotatable bonds is 1. The molecule has 14 aromatic rings. The summed E-state index contributed by atoms with van der Waals surface area (Å²) in [6, 6.07) is 9.78. The van der Waals surface area contributed by atoms with Gasteiger partial charge in [-0.3, -0.25) is 34.0 Å². The highest BCUT2D eigenvalue weighted by molar-refractivity contribution is 7.11. The molecule has 0 aromatic carbocycles. The van der Waals surface area contributed by atoms with Gasteiger partial charge < -0.3 is 24.5 Å². The highest BCUT2D eigenvalue weighted by Crippen LogP contribution is 2.31. The Balaban J connectivity index is 0.000000727. The van der Waals surface area contributed by atoms with Crippen molar-refractivity contribution in [3.8, 4) is 0 Å².